The van der Waals surface area contributed by atoms with Gasteiger partial charge in [0, 0.05) is 64.8 Å². The van der Waals surface area contributed by atoms with E-state index in [4.69, 9.17) is 9.47 Å². The van der Waals surface area contributed by atoms with Gasteiger partial charge in [0.15, 0.2) is 5.96 Å². The highest BCUT2D eigenvalue weighted by molar-refractivity contribution is 14.0. The van der Waals surface area contributed by atoms with Gasteiger partial charge in [-0.05, 0) is 50.2 Å². The van der Waals surface area contributed by atoms with Crippen molar-refractivity contribution in [3.05, 3.63) is 29.8 Å². The van der Waals surface area contributed by atoms with Crippen LogP contribution in [0.3, 0.4) is 0 Å². The fourth-order valence-electron chi connectivity index (χ4n) is 4.03. The van der Waals surface area contributed by atoms with Crippen molar-refractivity contribution in [2.24, 2.45) is 10.9 Å². The third-order valence-electron chi connectivity index (χ3n) is 5.67. The van der Waals surface area contributed by atoms with Gasteiger partial charge in [0.2, 0.25) is 0 Å². The number of nitrogens with one attached hydrogen (secondary N) is 2. The van der Waals surface area contributed by atoms with E-state index in [-0.39, 0.29) is 24.0 Å². The number of nitrogens with zero attached hydrogens (tertiary/aromatic N) is 2. The Balaban J connectivity index is 0.00000300. The van der Waals surface area contributed by atoms with Crippen LogP contribution in [-0.2, 0) is 15.9 Å². The SMILES string of the molecule is CN=C(NCCCOCC1CCOCC1)NCCN1c2ccccc2CC1C.I. The summed E-state index contributed by atoms with van der Waals surface area (Å²) in [5.74, 6) is 1.54. The van der Waals surface area contributed by atoms with Gasteiger partial charge in [-0.2, -0.15) is 0 Å². The molecule has 164 valence electrons. The average Bonchev–Trinajstić information content (AvgIpc) is 3.05. The molecule has 6 nitrogen and oxygen atoms in total. The molecule has 0 aliphatic carbocycles. The van der Waals surface area contributed by atoms with Crippen LogP contribution in [0, 0.1) is 5.92 Å². The van der Waals surface area contributed by atoms with E-state index in [9.17, 15) is 0 Å². The predicted octanol–water partition coefficient (Wildman–Crippen LogP) is 3.05. The van der Waals surface area contributed by atoms with Gasteiger partial charge in [-0.3, -0.25) is 4.99 Å². The maximum atomic E-state index is 5.82. The van der Waals surface area contributed by atoms with E-state index in [2.05, 4.69) is 51.7 Å². The first kappa shape index (κ1) is 24.2. The number of benzene rings is 1. The fourth-order valence-corrected chi connectivity index (χ4v) is 4.03. The summed E-state index contributed by atoms with van der Waals surface area (Å²) in [6.07, 6.45) is 4.39. The van der Waals surface area contributed by atoms with Crippen molar-refractivity contribution in [3.8, 4) is 0 Å². The molecule has 0 aromatic heterocycles. The highest BCUT2D eigenvalue weighted by Crippen LogP contribution is 2.31. The summed E-state index contributed by atoms with van der Waals surface area (Å²) >= 11 is 0. The number of aliphatic imine (C=N–C) groups is 1. The molecule has 1 fully saturated rings. The van der Waals surface area contributed by atoms with E-state index >= 15 is 0 Å². The summed E-state index contributed by atoms with van der Waals surface area (Å²) in [4.78, 5) is 6.81. The Morgan fingerprint density at radius 3 is 2.76 bits per heavy atom. The molecule has 1 unspecified atom stereocenters. The third-order valence-corrected chi connectivity index (χ3v) is 5.67. The van der Waals surface area contributed by atoms with Gasteiger partial charge < -0.3 is 25.0 Å². The Labute approximate surface area is 192 Å². The molecule has 2 N–H and O–H groups in total. The second-order valence-electron chi connectivity index (χ2n) is 7.79. The smallest absolute Gasteiger partial charge is 0.191 e. The first-order chi connectivity index (χ1) is 13.8. The Kier molecular flexibility index (Phi) is 11.1. The zero-order valence-corrected chi connectivity index (χ0v) is 20.2. The number of rotatable bonds is 9. The molecule has 2 heterocycles. The van der Waals surface area contributed by atoms with Gasteiger partial charge in [0.1, 0.15) is 0 Å². The van der Waals surface area contributed by atoms with E-state index in [1.807, 2.05) is 7.05 Å². The molecule has 1 aromatic carbocycles. The average molecular weight is 516 g/mol. The lowest BCUT2D eigenvalue weighted by Crippen LogP contribution is -2.43. The number of hydrogen-bond donors (Lipinski definition) is 2. The molecule has 3 rings (SSSR count). The number of halogens is 1. The Morgan fingerprint density at radius 1 is 1.21 bits per heavy atom. The monoisotopic (exact) mass is 516 g/mol. The zero-order chi connectivity index (χ0) is 19.6. The van der Waals surface area contributed by atoms with Crippen LogP contribution in [-0.4, -0.2) is 65.1 Å². The minimum absolute atomic E-state index is 0. The molecule has 1 saturated heterocycles. The number of fused-ring (bicyclic) bond motifs is 1. The van der Waals surface area contributed by atoms with Crippen molar-refractivity contribution in [3.63, 3.8) is 0 Å². The fraction of sp³-hybridized carbons (Fsp3) is 0.682. The van der Waals surface area contributed by atoms with Crippen molar-refractivity contribution in [2.75, 3.05) is 58.0 Å². The standard InChI is InChI=1S/C22H36N4O2.HI/c1-18-16-20-6-3-4-7-21(20)26(18)12-11-25-22(23-2)24-10-5-13-28-17-19-8-14-27-15-9-19;/h3-4,6-7,18-19H,5,8-17H2,1-2H3,(H2,23,24,25);1H. The molecule has 2 aliphatic heterocycles. The summed E-state index contributed by atoms with van der Waals surface area (Å²) in [5, 5.41) is 6.82. The molecule has 0 saturated carbocycles. The number of para-hydroxylation sites is 1. The van der Waals surface area contributed by atoms with E-state index in [0.29, 0.717) is 12.0 Å². The van der Waals surface area contributed by atoms with Crippen LogP contribution in [0.4, 0.5) is 5.69 Å². The van der Waals surface area contributed by atoms with Gasteiger partial charge in [-0.25, -0.2) is 0 Å². The lowest BCUT2D eigenvalue weighted by atomic mass is 10.0. The maximum absolute atomic E-state index is 5.82. The Hall–Kier alpha value is -1.06. The number of ether oxygens (including phenoxy) is 2. The van der Waals surface area contributed by atoms with Crippen molar-refractivity contribution in [1.29, 1.82) is 0 Å². The molecular formula is C22H37IN4O2. The molecule has 29 heavy (non-hydrogen) atoms. The van der Waals surface area contributed by atoms with Crippen molar-refractivity contribution in [1.82, 2.24) is 10.6 Å². The van der Waals surface area contributed by atoms with Gasteiger partial charge in [0.25, 0.3) is 0 Å². The van der Waals surface area contributed by atoms with Gasteiger partial charge in [0.05, 0.1) is 0 Å². The molecule has 0 amide bonds. The molecular weight excluding hydrogens is 479 g/mol. The summed E-state index contributed by atoms with van der Waals surface area (Å²) in [6, 6.07) is 9.28. The van der Waals surface area contributed by atoms with Crippen LogP contribution in [0.2, 0.25) is 0 Å². The highest BCUT2D eigenvalue weighted by Gasteiger charge is 2.24. The van der Waals surface area contributed by atoms with Gasteiger partial charge >= 0.3 is 0 Å². The third kappa shape index (κ3) is 7.61. The largest absolute Gasteiger partial charge is 0.381 e. The first-order valence-electron chi connectivity index (χ1n) is 10.7. The first-order valence-corrected chi connectivity index (χ1v) is 10.7. The van der Waals surface area contributed by atoms with Gasteiger partial charge in [-0.1, -0.05) is 18.2 Å². The summed E-state index contributed by atoms with van der Waals surface area (Å²) < 4.78 is 11.2. The molecule has 2 aliphatic rings. The quantitative estimate of drug-likeness (QED) is 0.229. The van der Waals surface area contributed by atoms with Crippen molar-refractivity contribution < 1.29 is 9.47 Å². The molecule has 7 heteroatoms. The van der Waals surface area contributed by atoms with E-state index in [1.165, 1.54) is 11.3 Å². The van der Waals surface area contributed by atoms with Crippen LogP contribution >= 0.6 is 24.0 Å². The molecule has 1 aromatic rings. The maximum Gasteiger partial charge on any atom is 0.191 e. The zero-order valence-electron chi connectivity index (χ0n) is 17.9. The van der Waals surface area contributed by atoms with Crippen LogP contribution in [0.15, 0.2) is 29.3 Å². The topological polar surface area (TPSA) is 58.1 Å². The Bertz CT molecular complexity index is 623. The van der Waals surface area contributed by atoms with Crippen LogP contribution in [0.5, 0.6) is 0 Å². The summed E-state index contributed by atoms with van der Waals surface area (Å²) in [6.45, 7) is 8.46. The Morgan fingerprint density at radius 2 is 1.97 bits per heavy atom. The van der Waals surface area contributed by atoms with Crippen molar-refractivity contribution in [2.45, 2.75) is 38.6 Å². The number of guanidine groups is 1. The van der Waals surface area contributed by atoms with Crippen molar-refractivity contribution >= 4 is 35.6 Å². The minimum Gasteiger partial charge on any atom is -0.381 e. The lowest BCUT2D eigenvalue weighted by molar-refractivity contribution is 0.0203. The van der Waals surface area contributed by atoms with E-state index < -0.39 is 0 Å². The second kappa shape index (κ2) is 13.3. The van der Waals surface area contributed by atoms with E-state index in [1.54, 1.807) is 0 Å². The summed E-state index contributed by atoms with van der Waals surface area (Å²) in [5.41, 5.74) is 2.83. The minimum atomic E-state index is 0. The predicted molar refractivity (Wildman–Crippen MR) is 131 cm³/mol. The molecule has 0 spiro atoms. The normalized spacial score (nSPS) is 19.6. The van der Waals surface area contributed by atoms with Crippen LogP contribution in [0.25, 0.3) is 0 Å². The van der Waals surface area contributed by atoms with Crippen LogP contribution in [0.1, 0.15) is 31.7 Å². The van der Waals surface area contributed by atoms with E-state index in [0.717, 1.165) is 77.7 Å². The highest BCUT2D eigenvalue weighted by atomic mass is 127. The van der Waals surface area contributed by atoms with Gasteiger partial charge in [-0.15, -0.1) is 24.0 Å². The number of hydrogen-bond acceptors (Lipinski definition) is 4. The summed E-state index contributed by atoms with van der Waals surface area (Å²) in [7, 11) is 1.82. The lowest BCUT2D eigenvalue weighted by Gasteiger charge is -2.25. The second-order valence-corrected chi connectivity index (χ2v) is 7.79. The number of anilines is 1. The molecule has 0 bridgehead atoms. The molecule has 1 atom stereocenters. The van der Waals surface area contributed by atoms with Crippen LogP contribution < -0.4 is 15.5 Å². The molecule has 0 radical (unpaired) electrons.